The minimum Gasteiger partial charge on any atom is -0.483 e. The predicted molar refractivity (Wildman–Crippen MR) is 121 cm³/mol. The van der Waals surface area contributed by atoms with Gasteiger partial charge in [-0.25, -0.2) is 4.39 Å². The second kappa shape index (κ2) is 9.96. The van der Waals surface area contributed by atoms with Crippen molar-refractivity contribution in [2.75, 3.05) is 11.1 Å². The summed E-state index contributed by atoms with van der Waals surface area (Å²) in [7, 11) is 0. The Labute approximate surface area is 186 Å². The second-order valence-corrected chi connectivity index (χ2v) is 8.67. The van der Waals surface area contributed by atoms with Crippen LogP contribution < -0.4 is 10.1 Å². The van der Waals surface area contributed by atoms with E-state index in [1.807, 2.05) is 51.3 Å². The lowest BCUT2D eigenvalue weighted by molar-refractivity contribution is -0.113. The first-order chi connectivity index (χ1) is 14.7. The molecule has 0 spiro atoms. The first-order valence-electron chi connectivity index (χ1n) is 10.1. The molecule has 1 amide bonds. The lowest BCUT2D eigenvalue weighted by atomic mass is 10.1. The highest BCUT2D eigenvalue weighted by atomic mass is 32.2. The first-order valence-corrected chi connectivity index (χ1v) is 11.1. The maximum atomic E-state index is 13.1. The Hall–Kier alpha value is -2.87. The molecule has 1 heterocycles. The Balaban J connectivity index is 1.68. The van der Waals surface area contributed by atoms with E-state index >= 15 is 0 Å². The third kappa shape index (κ3) is 6.07. The number of halogens is 1. The van der Waals surface area contributed by atoms with E-state index in [-0.39, 0.29) is 29.6 Å². The topological polar surface area (TPSA) is 69.0 Å². The molecule has 0 bridgehead atoms. The summed E-state index contributed by atoms with van der Waals surface area (Å²) in [4.78, 5) is 12.5. The van der Waals surface area contributed by atoms with Gasteiger partial charge in [-0.1, -0.05) is 17.8 Å². The van der Waals surface area contributed by atoms with E-state index in [2.05, 4.69) is 21.6 Å². The van der Waals surface area contributed by atoms with Gasteiger partial charge in [-0.05, 0) is 82.1 Å². The standard InChI is InChI=1S/C23H27FN4O2S/c1-14(2)28-22(17(5)30-20-8-6-18(24)7-9-20)26-27-23(28)31-13-21(29)25-19-11-15(3)10-16(4)12-19/h6-12,14,17H,13H2,1-5H3,(H,25,29). The third-order valence-corrected chi connectivity index (χ3v) is 5.48. The highest BCUT2D eigenvalue weighted by Gasteiger charge is 2.22. The fourth-order valence-corrected chi connectivity index (χ4v) is 4.17. The van der Waals surface area contributed by atoms with E-state index in [0.717, 1.165) is 16.8 Å². The molecule has 2 aromatic carbocycles. The molecule has 0 radical (unpaired) electrons. The largest absolute Gasteiger partial charge is 0.483 e. The first kappa shape index (κ1) is 22.8. The number of thioether (sulfide) groups is 1. The minimum absolute atomic E-state index is 0.0780. The van der Waals surface area contributed by atoms with Gasteiger partial charge in [0.15, 0.2) is 17.1 Å². The van der Waals surface area contributed by atoms with E-state index in [4.69, 9.17) is 4.74 Å². The average Bonchev–Trinajstić information content (AvgIpc) is 3.12. The smallest absolute Gasteiger partial charge is 0.234 e. The van der Waals surface area contributed by atoms with Gasteiger partial charge in [0.2, 0.25) is 5.91 Å². The van der Waals surface area contributed by atoms with Crippen LogP contribution >= 0.6 is 11.8 Å². The molecule has 0 aliphatic rings. The predicted octanol–water partition coefficient (Wildman–Crippen LogP) is 5.49. The van der Waals surface area contributed by atoms with E-state index in [9.17, 15) is 9.18 Å². The summed E-state index contributed by atoms with van der Waals surface area (Å²) < 4.78 is 21.0. The van der Waals surface area contributed by atoms with E-state index in [0.29, 0.717) is 16.7 Å². The maximum Gasteiger partial charge on any atom is 0.234 e. The van der Waals surface area contributed by atoms with Crippen molar-refractivity contribution in [1.29, 1.82) is 0 Å². The molecule has 3 rings (SSSR count). The maximum absolute atomic E-state index is 13.1. The van der Waals surface area contributed by atoms with Crippen LogP contribution in [0.5, 0.6) is 5.75 Å². The Morgan fingerprint density at radius 2 is 1.74 bits per heavy atom. The summed E-state index contributed by atoms with van der Waals surface area (Å²) in [6, 6.07) is 11.9. The fourth-order valence-electron chi connectivity index (χ4n) is 3.29. The summed E-state index contributed by atoms with van der Waals surface area (Å²) >= 11 is 1.33. The molecular formula is C23H27FN4O2S. The number of nitrogens with one attached hydrogen (secondary N) is 1. The van der Waals surface area contributed by atoms with Gasteiger partial charge in [0.1, 0.15) is 11.6 Å². The van der Waals surface area contributed by atoms with E-state index in [1.165, 1.54) is 23.9 Å². The number of amides is 1. The zero-order chi connectivity index (χ0) is 22.5. The summed E-state index contributed by atoms with van der Waals surface area (Å²) in [5.41, 5.74) is 2.99. The van der Waals surface area contributed by atoms with Gasteiger partial charge < -0.3 is 14.6 Å². The number of carbonyl (C=O) groups excluding carboxylic acids is 1. The molecule has 31 heavy (non-hydrogen) atoms. The fraction of sp³-hybridized carbons (Fsp3) is 0.348. The molecule has 0 fully saturated rings. The van der Waals surface area contributed by atoms with Crippen LogP contribution in [-0.4, -0.2) is 26.4 Å². The molecule has 0 saturated heterocycles. The molecular weight excluding hydrogens is 415 g/mol. The van der Waals surface area contributed by atoms with Crippen LogP contribution in [0.25, 0.3) is 0 Å². The summed E-state index contributed by atoms with van der Waals surface area (Å²) in [5, 5.41) is 12.2. The Morgan fingerprint density at radius 3 is 2.35 bits per heavy atom. The molecule has 8 heteroatoms. The van der Waals surface area contributed by atoms with Gasteiger partial charge in [0.05, 0.1) is 5.75 Å². The van der Waals surface area contributed by atoms with Crippen molar-refractivity contribution < 1.29 is 13.9 Å². The van der Waals surface area contributed by atoms with Gasteiger partial charge in [0, 0.05) is 11.7 Å². The number of ether oxygens (including phenoxy) is 1. The number of hydrogen-bond acceptors (Lipinski definition) is 5. The van der Waals surface area contributed by atoms with Gasteiger partial charge in [-0.2, -0.15) is 0 Å². The van der Waals surface area contributed by atoms with Crippen molar-refractivity contribution in [1.82, 2.24) is 14.8 Å². The normalized spacial score (nSPS) is 12.1. The summed E-state index contributed by atoms with van der Waals surface area (Å²) in [6.07, 6.45) is -0.390. The zero-order valence-electron chi connectivity index (χ0n) is 18.3. The van der Waals surface area contributed by atoms with E-state index in [1.54, 1.807) is 12.1 Å². The van der Waals surface area contributed by atoms with Crippen LogP contribution in [0.4, 0.5) is 10.1 Å². The Morgan fingerprint density at radius 1 is 1.10 bits per heavy atom. The molecule has 3 aromatic rings. The quantitative estimate of drug-likeness (QED) is 0.468. The van der Waals surface area contributed by atoms with Crippen LogP contribution in [0.1, 0.15) is 49.9 Å². The molecule has 1 atom stereocenters. The number of carbonyl (C=O) groups is 1. The van der Waals surface area contributed by atoms with Crippen LogP contribution in [0.2, 0.25) is 0 Å². The summed E-state index contributed by atoms with van der Waals surface area (Å²) in [6.45, 7) is 9.92. The molecule has 1 aromatic heterocycles. The van der Waals surface area contributed by atoms with E-state index < -0.39 is 0 Å². The molecule has 0 aliphatic heterocycles. The number of hydrogen-bond donors (Lipinski definition) is 1. The third-order valence-electron chi connectivity index (χ3n) is 4.54. The molecule has 1 N–H and O–H groups in total. The molecule has 1 unspecified atom stereocenters. The van der Waals surface area contributed by atoms with Gasteiger partial charge in [-0.15, -0.1) is 10.2 Å². The van der Waals surface area contributed by atoms with Crippen LogP contribution in [0.15, 0.2) is 47.6 Å². The van der Waals surface area contributed by atoms with Crippen LogP contribution in [-0.2, 0) is 4.79 Å². The number of aromatic nitrogens is 3. The van der Waals surface area contributed by atoms with Crippen molar-refractivity contribution in [3.63, 3.8) is 0 Å². The van der Waals surface area contributed by atoms with Gasteiger partial charge in [-0.3, -0.25) is 4.79 Å². The van der Waals surface area contributed by atoms with Gasteiger partial charge in [0.25, 0.3) is 0 Å². The van der Waals surface area contributed by atoms with Crippen molar-refractivity contribution in [3.05, 3.63) is 65.2 Å². The summed E-state index contributed by atoms with van der Waals surface area (Å²) in [5.74, 6) is 0.991. The Kier molecular flexibility index (Phi) is 7.33. The molecule has 6 nitrogen and oxygen atoms in total. The zero-order valence-corrected chi connectivity index (χ0v) is 19.2. The SMILES string of the molecule is Cc1cc(C)cc(NC(=O)CSc2nnc(C(C)Oc3ccc(F)cc3)n2C(C)C)c1. The van der Waals surface area contributed by atoms with Crippen LogP contribution in [0, 0.1) is 19.7 Å². The number of nitrogens with zero attached hydrogens (tertiary/aromatic N) is 3. The molecule has 164 valence electrons. The lowest BCUT2D eigenvalue weighted by Gasteiger charge is -2.18. The Bertz CT molecular complexity index is 1030. The lowest BCUT2D eigenvalue weighted by Crippen LogP contribution is -2.16. The van der Waals surface area contributed by atoms with Crippen molar-refractivity contribution >= 4 is 23.4 Å². The number of benzene rings is 2. The van der Waals surface area contributed by atoms with Crippen LogP contribution in [0.3, 0.4) is 0 Å². The molecule has 0 saturated carbocycles. The second-order valence-electron chi connectivity index (χ2n) is 7.73. The highest BCUT2D eigenvalue weighted by Crippen LogP contribution is 2.28. The monoisotopic (exact) mass is 442 g/mol. The minimum atomic E-state index is -0.390. The van der Waals surface area contributed by atoms with Gasteiger partial charge >= 0.3 is 0 Å². The number of anilines is 1. The average molecular weight is 443 g/mol. The number of rotatable bonds is 8. The van der Waals surface area contributed by atoms with Crippen molar-refractivity contribution in [2.45, 2.75) is 51.9 Å². The van der Waals surface area contributed by atoms with Crippen molar-refractivity contribution in [2.24, 2.45) is 0 Å². The highest BCUT2D eigenvalue weighted by molar-refractivity contribution is 7.99. The molecule has 0 aliphatic carbocycles. The number of aryl methyl sites for hydroxylation is 2. The van der Waals surface area contributed by atoms with Crippen molar-refractivity contribution in [3.8, 4) is 5.75 Å².